The Hall–Kier alpha value is -3.41. The van der Waals surface area contributed by atoms with E-state index < -0.39 is 21.8 Å². The van der Waals surface area contributed by atoms with E-state index in [9.17, 15) is 13.2 Å². The zero-order valence-electron chi connectivity index (χ0n) is 20.7. The van der Waals surface area contributed by atoms with Crippen LogP contribution in [-0.2, 0) is 21.2 Å². The van der Waals surface area contributed by atoms with Crippen LogP contribution in [0.2, 0.25) is 5.02 Å². The zero-order chi connectivity index (χ0) is 26.7. The highest BCUT2D eigenvalue weighted by Crippen LogP contribution is 2.42. The van der Waals surface area contributed by atoms with Crippen LogP contribution in [0.25, 0.3) is 0 Å². The standard InChI is InChI=1S/C25H28ClN6O4S/c1-32(2)37(34,35)20-11-7-6-10-18(20)29-24-17(26)14-28-25(31-24)30-19-13-12-15-8-4-5-9-16(23(27)33)21(15)22(19)36-3/h4,6-7,10-14,16H,5,8-9H2,1-3H3,(H2,27,33)(H2,28,29,30,31). The maximum absolute atomic E-state index is 12.8. The number of rotatable bonds is 8. The van der Waals surface area contributed by atoms with Gasteiger partial charge in [0.05, 0.1) is 30.6 Å². The highest BCUT2D eigenvalue weighted by molar-refractivity contribution is 7.89. The Morgan fingerprint density at radius 2 is 1.92 bits per heavy atom. The first-order valence-electron chi connectivity index (χ1n) is 11.5. The van der Waals surface area contributed by atoms with Crippen LogP contribution in [0.1, 0.15) is 29.9 Å². The normalized spacial score (nSPS) is 15.5. The number of benzene rings is 2. The van der Waals surface area contributed by atoms with Gasteiger partial charge in [-0.05, 0) is 49.4 Å². The minimum atomic E-state index is -3.72. The Labute approximate surface area is 221 Å². The van der Waals surface area contributed by atoms with Crippen LogP contribution in [0.15, 0.2) is 47.5 Å². The second-order valence-corrected chi connectivity index (χ2v) is 11.2. The van der Waals surface area contributed by atoms with Crippen molar-refractivity contribution in [1.29, 1.82) is 0 Å². The number of ether oxygens (including phenoxy) is 1. The van der Waals surface area contributed by atoms with E-state index in [0.29, 0.717) is 30.0 Å². The summed E-state index contributed by atoms with van der Waals surface area (Å²) in [6, 6.07) is 10.2. The number of amides is 1. The van der Waals surface area contributed by atoms with Gasteiger partial charge in [-0.15, -0.1) is 0 Å². The molecule has 10 nitrogen and oxygen atoms in total. The molecule has 1 aliphatic rings. The van der Waals surface area contributed by atoms with Crippen LogP contribution in [0.4, 0.5) is 23.1 Å². The van der Waals surface area contributed by atoms with Crippen molar-refractivity contribution in [2.75, 3.05) is 31.8 Å². The number of hydrogen-bond acceptors (Lipinski definition) is 8. The summed E-state index contributed by atoms with van der Waals surface area (Å²) in [5, 5.41) is 6.34. The van der Waals surface area contributed by atoms with Crippen molar-refractivity contribution < 1.29 is 17.9 Å². The van der Waals surface area contributed by atoms with E-state index in [-0.39, 0.29) is 21.7 Å². The van der Waals surface area contributed by atoms with Crippen molar-refractivity contribution >= 4 is 50.7 Å². The van der Waals surface area contributed by atoms with Crippen LogP contribution in [0.3, 0.4) is 0 Å². The minimum Gasteiger partial charge on any atom is -0.494 e. The summed E-state index contributed by atoms with van der Waals surface area (Å²) < 4.78 is 32.4. The molecular weight excluding hydrogens is 516 g/mol. The van der Waals surface area contributed by atoms with Gasteiger partial charge in [0.1, 0.15) is 15.7 Å². The van der Waals surface area contributed by atoms with Crippen molar-refractivity contribution in [1.82, 2.24) is 14.3 Å². The van der Waals surface area contributed by atoms with E-state index in [0.717, 1.165) is 21.9 Å². The van der Waals surface area contributed by atoms with Gasteiger partial charge in [-0.25, -0.2) is 17.7 Å². The molecule has 195 valence electrons. The number of nitrogens with two attached hydrogens (primary N) is 1. The number of sulfonamides is 1. The van der Waals surface area contributed by atoms with Crippen LogP contribution in [-0.4, -0.2) is 49.8 Å². The fourth-order valence-corrected chi connectivity index (χ4v) is 5.42. The number of nitrogens with zero attached hydrogens (tertiary/aromatic N) is 3. The summed E-state index contributed by atoms with van der Waals surface area (Å²) in [6.45, 7) is 0. The summed E-state index contributed by atoms with van der Waals surface area (Å²) in [5.41, 5.74) is 8.32. The number of carbonyl (C=O) groups excluding carboxylic acids is 1. The average molecular weight is 544 g/mol. The third kappa shape index (κ3) is 5.48. The second kappa shape index (κ2) is 10.9. The van der Waals surface area contributed by atoms with Crippen LogP contribution in [0, 0.1) is 6.42 Å². The number of anilines is 4. The largest absolute Gasteiger partial charge is 0.494 e. The SMILES string of the molecule is COc1c(Nc2ncc(Cl)c(Nc3ccccc3S(=O)(=O)N(C)C)n2)ccc2c1C(C(N)=O)CC[CH]C2. The minimum absolute atomic E-state index is 0.0749. The molecule has 37 heavy (non-hydrogen) atoms. The van der Waals surface area contributed by atoms with Crippen LogP contribution < -0.4 is 21.1 Å². The molecule has 0 aliphatic heterocycles. The molecule has 1 amide bonds. The van der Waals surface area contributed by atoms with E-state index in [1.807, 2.05) is 12.1 Å². The maximum atomic E-state index is 12.8. The van der Waals surface area contributed by atoms with E-state index in [4.69, 9.17) is 22.1 Å². The summed E-state index contributed by atoms with van der Waals surface area (Å²) in [4.78, 5) is 21.0. The highest BCUT2D eigenvalue weighted by Gasteiger charge is 2.29. The first-order valence-corrected chi connectivity index (χ1v) is 13.3. The predicted octanol–water partition coefficient (Wildman–Crippen LogP) is 3.99. The molecule has 0 fully saturated rings. The first-order chi connectivity index (χ1) is 17.6. The Morgan fingerprint density at radius 3 is 2.62 bits per heavy atom. The Bertz CT molecular complexity index is 1430. The fraction of sp³-hybridized carbons (Fsp3) is 0.280. The number of carbonyl (C=O) groups is 1. The molecule has 2 aromatic carbocycles. The fourth-order valence-electron chi connectivity index (χ4n) is 4.24. The number of para-hydroxylation sites is 1. The predicted molar refractivity (Wildman–Crippen MR) is 143 cm³/mol. The summed E-state index contributed by atoms with van der Waals surface area (Å²) in [5.74, 6) is -0.00330. The monoisotopic (exact) mass is 543 g/mol. The van der Waals surface area contributed by atoms with Gasteiger partial charge in [-0.1, -0.05) is 29.8 Å². The molecule has 1 aromatic heterocycles. The molecular formula is C25H28ClN6O4S. The third-order valence-electron chi connectivity index (χ3n) is 6.10. The number of nitrogens with one attached hydrogen (secondary N) is 2. The summed E-state index contributed by atoms with van der Waals surface area (Å²) in [6.07, 6.45) is 5.61. The molecule has 4 rings (SSSR count). The van der Waals surface area contributed by atoms with Gasteiger partial charge in [0.25, 0.3) is 0 Å². The molecule has 0 saturated carbocycles. The van der Waals surface area contributed by atoms with E-state index in [1.165, 1.54) is 33.5 Å². The third-order valence-corrected chi connectivity index (χ3v) is 8.25. The molecule has 4 N–H and O–H groups in total. The smallest absolute Gasteiger partial charge is 0.244 e. The van der Waals surface area contributed by atoms with Crippen LogP contribution >= 0.6 is 11.6 Å². The van der Waals surface area contributed by atoms with Crippen LogP contribution in [0.5, 0.6) is 5.75 Å². The molecule has 1 aliphatic carbocycles. The van der Waals surface area contributed by atoms with Crippen molar-refractivity contribution in [3.05, 3.63) is 65.2 Å². The van der Waals surface area contributed by atoms with Gasteiger partial charge < -0.3 is 21.1 Å². The van der Waals surface area contributed by atoms with Gasteiger partial charge in [0.15, 0.2) is 5.82 Å². The summed E-state index contributed by atoms with van der Waals surface area (Å²) >= 11 is 6.35. The van der Waals surface area contributed by atoms with Gasteiger partial charge in [0, 0.05) is 19.7 Å². The lowest BCUT2D eigenvalue weighted by molar-refractivity contribution is -0.119. The van der Waals surface area contributed by atoms with Gasteiger partial charge in [-0.2, -0.15) is 4.98 Å². The Morgan fingerprint density at radius 1 is 1.16 bits per heavy atom. The number of halogens is 1. The first kappa shape index (κ1) is 26.6. The van der Waals surface area contributed by atoms with E-state index in [2.05, 4.69) is 27.0 Å². The van der Waals surface area contributed by atoms with Crippen molar-refractivity contribution in [3.8, 4) is 5.75 Å². The van der Waals surface area contributed by atoms with Crippen molar-refractivity contribution in [3.63, 3.8) is 0 Å². The average Bonchev–Trinajstić information content (AvgIpc) is 3.09. The lowest BCUT2D eigenvalue weighted by atomic mass is 9.90. The molecule has 1 radical (unpaired) electrons. The lowest BCUT2D eigenvalue weighted by Crippen LogP contribution is -2.23. The molecule has 12 heteroatoms. The number of methoxy groups -OCH3 is 1. The molecule has 3 aromatic rings. The van der Waals surface area contributed by atoms with Gasteiger partial charge in [-0.3, -0.25) is 4.79 Å². The quantitative estimate of drug-likeness (QED) is 0.362. The molecule has 0 bridgehead atoms. The molecule has 1 atom stereocenters. The van der Waals surface area contributed by atoms with Gasteiger partial charge in [0.2, 0.25) is 21.9 Å². The Kier molecular flexibility index (Phi) is 7.86. The zero-order valence-corrected chi connectivity index (χ0v) is 22.2. The van der Waals surface area contributed by atoms with E-state index in [1.54, 1.807) is 18.2 Å². The number of aromatic nitrogens is 2. The topological polar surface area (TPSA) is 140 Å². The van der Waals surface area contributed by atoms with Gasteiger partial charge >= 0.3 is 0 Å². The second-order valence-electron chi connectivity index (χ2n) is 8.67. The maximum Gasteiger partial charge on any atom is 0.244 e. The highest BCUT2D eigenvalue weighted by atomic mass is 35.5. The molecule has 0 spiro atoms. The van der Waals surface area contributed by atoms with E-state index >= 15 is 0 Å². The lowest BCUT2D eigenvalue weighted by Gasteiger charge is -2.21. The van der Waals surface area contributed by atoms with Crippen molar-refractivity contribution in [2.45, 2.75) is 30.1 Å². The Balaban J connectivity index is 1.70. The molecule has 0 saturated heterocycles. The summed E-state index contributed by atoms with van der Waals surface area (Å²) in [7, 11) is 0.730. The number of fused-ring (bicyclic) bond motifs is 1. The van der Waals surface area contributed by atoms with Crippen molar-refractivity contribution in [2.24, 2.45) is 5.73 Å². The molecule has 1 unspecified atom stereocenters. The number of hydrogen-bond donors (Lipinski definition) is 3. The number of primary amides is 1. The molecule has 1 heterocycles.